The number of aromatic nitrogens is 1. The summed E-state index contributed by atoms with van der Waals surface area (Å²) < 4.78 is 2.04. The van der Waals surface area contributed by atoms with Gasteiger partial charge in [-0.1, -0.05) is 51.1 Å². The summed E-state index contributed by atoms with van der Waals surface area (Å²) in [7, 11) is 2.01. The Morgan fingerprint density at radius 3 is 2.30 bits per heavy atom. The second kappa shape index (κ2) is 6.00. The van der Waals surface area contributed by atoms with E-state index in [2.05, 4.69) is 50.0 Å². The van der Waals surface area contributed by atoms with Crippen molar-refractivity contribution in [2.24, 2.45) is 12.0 Å². The van der Waals surface area contributed by atoms with E-state index < -0.39 is 0 Å². The fourth-order valence-corrected chi connectivity index (χ4v) is 1.94. The molecule has 2 nitrogen and oxygen atoms in total. The lowest BCUT2D eigenvalue weighted by Gasteiger charge is -2.18. The molecule has 0 aliphatic rings. The van der Waals surface area contributed by atoms with Gasteiger partial charge in [-0.25, -0.2) is 4.57 Å². The van der Waals surface area contributed by atoms with E-state index in [1.54, 1.807) is 0 Å². The van der Waals surface area contributed by atoms with Crippen molar-refractivity contribution in [2.75, 3.05) is 0 Å². The molecule has 20 heavy (non-hydrogen) atoms. The van der Waals surface area contributed by atoms with E-state index in [-0.39, 0.29) is 5.41 Å². The van der Waals surface area contributed by atoms with Crippen molar-refractivity contribution in [1.29, 1.82) is 0 Å². The van der Waals surface area contributed by atoms with Crippen molar-refractivity contribution < 1.29 is 4.57 Å². The summed E-state index contributed by atoms with van der Waals surface area (Å²) in [5.41, 5.74) is 3.73. The minimum Gasteiger partial charge on any atom is -0.275 e. The first-order valence-corrected chi connectivity index (χ1v) is 6.88. The van der Waals surface area contributed by atoms with Crippen molar-refractivity contribution in [1.82, 2.24) is 0 Å². The van der Waals surface area contributed by atoms with E-state index in [0.717, 1.165) is 11.3 Å². The molecule has 0 amide bonds. The third-order valence-corrected chi connectivity index (χ3v) is 3.30. The maximum atomic E-state index is 4.39. The third-order valence-electron chi connectivity index (χ3n) is 3.30. The van der Waals surface area contributed by atoms with Crippen LogP contribution < -0.4 is 4.57 Å². The molecule has 1 radical (unpaired) electrons. The Labute approximate surface area is 121 Å². The number of hydrogen-bond donors (Lipinski definition) is 0. The van der Waals surface area contributed by atoms with Gasteiger partial charge in [-0.3, -0.25) is 4.99 Å². The molecule has 0 fully saturated rings. The van der Waals surface area contributed by atoms with Crippen LogP contribution in [0.4, 0.5) is 0 Å². The topological polar surface area (TPSA) is 16.2 Å². The highest BCUT2D eigenvalue weighted by molar-refractivity contribution is 5.80. The fourth-order valence-electron chi connectivity index (χ4n) is 1.94. The van der Waals surface area contributed by atoms with E-state index >= 15 is 0 Å². The number of rotatable bonds is 3. The minimum absolute atomic E-state index is 0.194. The summed E-state index contributed by atoms with van der Waals surface area (Å²) in [5.74, 6) is 0. The first kappa shape index (κ1) is 14.4. The van der Waals surface area contributed by atoms with Crippen LogP contribution in [0.5, 0.6) is 0 Å². The van der Waals surface area contributed by atoms with Gasteiger partial charge in [-0.2, -0.15) is 0 Å². The SMILES string of the molecule is C[n+]1ccccc1[CH]N=Cc1ccc(C(C)(C)C)cc1. The molecule has 2 rings (SSSR count). The fraction of sp³-hybridized carbons (Fsp3) is 0.278. The first-order chi connectivity index (χ1) is 9.47. The smallest absolute Gasteiger partial charge is 0.208 e. The van der Waals surface area contributed by atoms with Gasteiger partial charge in [-0.15, -0.1) is 0 Å². The lowest BCUT2D eigenvalue weighted by Crippen LogP contribution is -2.31. The zero-order chi connectivity index (χ0) is 14.6. The number of nitrogens with zero attached hydrogens (tertiary/aromatic N) is 2. The van der Waals surface area contributed by atoms with E-state index in [9.17, 15) is 0 Å². The van der Waals surface area contributed by atoms with Crippen LogP contribution in [-0.4, -0.2) is 6.21 Å². The number of aryl methyl sites for hydroxylation is 1. The zero-order valence-corrected chi connectivity index (χ0v) is 12.7. The zero-order valence-electron chi connectivity index (χ0n) is 12.7. The number of benzene rings is 1. The van der Waals surface area contributed by atoms with Gasteiger partial charge >= 0.3 is 0 Å². The van der Waals surface area contributed by atoms with Gasteiger partial charge in [0.15, 0.2) is 12.7 Å². The summed E-state index contributed by atoms with van der Waals surface area (Å²) in [6, 6.07) is 14.6. The molecule has 0 aliphatic carbocycles. The van der Waals surface area contributed by atoms with Crippen LogP contribution in [0.1, 0.15) is 37.6 Å². The molecule has 1 aromatic heterocycles. The Hall–Kier alpha value is -1.96. The number of hydrogen-bond acceptors (Lipinski definition) is 1. The van der Waals surface area contributed by atoms with E-state index in [1.165, 1.54) is 5.56 Å². The molecule has 0 atom stereocenters. The van der Waals surface area contributed by atoms with Crippen LogP contribution in [0.2, 0.25) is 0 Å². The molecule has 1 heterocycles. The largest absolute Gasteiger partial charge is 0.275 e. The highest BCUT2D eigenvalue weighted by atomic mass is 14.9. The van der Waals surface area contributed by atoms with Gasteiger partial charge in [0.2, 0.25) is 5.69 Å². The molecule has 2 aromatic rings. The molecule has 2 heteroatoms. The number of aliphatic imine (C=N–C) groups is 1. The Balaban J connectivity index is 2.04. The van der Waals surface area contributed by atoms with Gasteiger partial charge in [0, 0.05) is 18.3 Å². The van der Waals surface area contributed by atoms with E-state index in [1.807, 2.05) is 48.8 Å². The second-order valence-electron chi connectivity index (χ2n) is 6.02. The Bertz CT molecular complexity index is 590. The number of pyridine rings is 1. The molecule has 0 saturated carbocycles. The molecule has 0 bridgehead atoms. The van der Waals surface area contributed by atoms with Crippen LogP contribution in [0, 0.1) is 6.54 Å². The summed E-state index contributed by atoms with van der Waals surface area (Å²) in [5, 5.41) is 0. The molecule has 1 aromatic carbocycles. The molecular formula is C18H22N2+. The van der Waals surface area contributed by atoms with Crippen LogP contribution in [0.3, 0.4) is 0 Å². The van der Waals surface area contributed by atoms with Crippen molar-refractivity contribution in [2.45, 2.75) is 26.2 Å². The first-order valence-electron chi connectivity index (χ1n) is 6.88. The highest BCUT2D eigenvalue weighted by Gasteiger charge is 2.12. The van der Waals surface area contributed by atoms with Crippen molar-refractivity contribution >= 4 is 6.21 Å². The predicted octanol–water partition coefficient (Wildman–Crippen LogP) is 3.44. The third kappa shape index (κ3) is 3.77. The average molecular weight is 266 g/mol. The van der Waals surface area contributed by atoms with Gasteiger partial charge < -0.3 is 0 Å². The van der Waals surface area contributed by atoms with Crippen molar-refractivity contribution in [3.8, 4) is 0 Å². The molecule has 0 N–H and O–H groups in total. The van der Waals surface area contributed by atoms with E-state index in [0.29, 0.717) is 0 Å². The second-order valence-corrected chi connectivity index (χ2v) is 6.02. The lowest BCUT2D eigenvalue weighted by molar-refractivity contribution is -0.676. The van der Waals surface area contributed by atoms with Crippen LogP contribution >= 0.6 is 0 Å². The Morgan fingerprint density at radius 1 is 1.00 bits per heavy atom. The van der Waals surface area contributed by atoms with Crippen LogP contribution in [0.15, 0.2) is 53.7 Å². The maximum absolute atomic E-state index is 4.39. The molecule has 0 unspecified atom stereocenters. The summed E-state index contributed by atoms with van der Waals surface area (Å²) >= 11 is 0. The molecule has 103 valence electrons. The monoisotopic (exact) mass is 266 g/mol. The van der Waals surface area contributed by atoms with Crippen LogP contribution in [0.25, 0.3) is 0 Å². The highest BCUT2D eigenvalue weighted by Crippen LogP contribution is 2.21. The quantitative estimate of drug-likeness (QED) is 0.598. The van der Waals surface area contributed by atoms with Gasteiger partial charge in [0.25, 0.3) is 0 Å². The van der Waals surface area contributed by atoms with E-state index in [4.69, 9.17) is 0 Å². The Kier molecular flexibility index (Phi) is 4.33. The molecule has 0 aliphatic heterocycles. The standard InChI is InChI=1S/C18H22N2/c1-18(2,3)16-10-8-15(9-11-16)13-19-14-17-7-5-6-12-20(17)4/h5-14H,1-4H3/q+1. The van der Waals surface area contributed by atoms with Gasteiger partial charge in [0.05, 0.1) is 0 Å². The lowest BCUT2D eigenvalue weighted by atomic mass is 9.87. The van der Waals surface area contributed by atoms with Gasteiger partial charge in [-0.05, 0) is 16.5 Å². The van der Waals surface area contributed by atoms with Crippen LogP contribution in [-0.2, 0) is 12.5 Å². The summed E-state index contributed by atoms with van der Waals surface area (Å²) in [4.78, 5) is 4.39. The Morgan fingerprint density at radius 2 is 1.70 bits per heavy atom. The minimum atomic E-state index is 0.194. The normalized spacial score (nSPS) is 12.0. The van der Waals surface area contributed by atoms with Crippen molar-refractivity contribution in [3.05, 3.63) is 72.0 Å². The van der Waals surface area contributed by atoms with Gasteiger partial charge in [0.1, 0.15) is 7.05 Å². The maximum Gasteiger partial charge on any atom is 0.208 e. The molecule has 0 spiro atoms. The average Bonchev–Trinajstić information content (AvgIpc) is 2.40. The molecular weight excluding hydrogens is 244 g/mol. The summed E-state index contributed by atoms with van der Waals surface area (Å²) in [6.07, 6.45) is 3.90. The summed E-state index contributed by atoms with van der Waals surface area (Å²) in [6.45, 7) is 8.54. The van der Waals surface area contributed by atoms with Crippen molar-refractivity contribution in [3.63, 3.8) is 0 Å². The predicted molar refractivity (Wildman–Crippen MR) is 83.8 cm³/mol. The molecule has 0 saturated heterocycles.